The summed E-state index contributed by atoms with van der Waals surface area (Å²) in [6.07, 6.45) is 2.54. The van der Waals surface area contributed by atoms with E-state index in [1.165, 1.54) is 12.5 Å². The summed E-state index contributed by atoms with van der Waals surface area (Å²) in [5.41, 5.74) is 1.69. The van der Waals surface area contributed by atoms with Gasteiger partial charge in [0.25, 0.3) is 0 Å². The van der Waals surface area contributed by atoms with Crippen LogP contribution in [0.3, 0.4) is 0 Å². The summed E-state index contributed by atoms with van der Waals surface area (Å²) in [4.78, 5) is 4.36. The average Bonchev–Trinajstić information content (AvgIpc) is 2.29. The van der Waals surface area contributed by atoms with E-state index in [0.717, 1.165) is 11.3 Å². The Bertz CT molecular complexity index is 574. The molecule has 81 valence electrons. The van der Waals surface area contributed by atoms with Gasteiger partial charge in [-0.15, -0.1) is 0 Å². The van der Waals surface area contributed by atoms with Gasteiger partial charge in [0.2, 0.25) is 0 Å². The molecular weight excluding hydrogens is 222 g/mol. The van der Waals surface area contributed by atoms with Gasteiger partial charge in [0.05, 0.1) is 10.6 Å². The van der Waals surface area contributed by atoms with E-state index in [-0.39, 0.29) is 4.90 Å². The molecule has 3 nitrogen and oxygen atoms in total. The number of pyridine rings is 1. The standard InChI is InChI=1S/C12H10NO2S/c1-16(14,15)11-7-8-12(13-9-11)10-5-3-2-4-6-10/h3-9H,1H3. The molecule has 0 aliphatic carbocycles. The fourth-order valence-corrected chi connectivity index (χ4v) is 1.89. The molecule has 0 fully saturated rings. The molecule has 0 unspecified atom stereocenters. The molecule has 16 heavy (non-hydrogen) atoms. The molecule has 0 saturated heterocycles. The van der Waals surface area contributed by atoms with Crippen LogP contribution in [0.4, 0.5) is 0 Å². The molecule has 0 saturated carbocycles. The first-order valence-electron chi connectivity index (χ1n) is 4.70. The third kappa shape index (κ3) is 2.28. The van der Waals surface area contributed by atoms with Crippen molar-refractivity contribution in [2.24, 2.45) is 0 Å². The Morgan fingerprint density at radius 2 is 1.81 bits per heavy atom. The normalized spacial score (nSPS) is 11.3. The van der Waals surface area contributed by atoms with Crippen LogP contribution >= 0.6 is 0 Å². The molecule has 2 aromatic rings. The molecule has 0 amide bonds. The van der Waals surface area contributed by atoms with Crippen molar-refractivity contribution in [3.8, 4) is 11.3 Å². The van der Waals surface area contributed by atoms with E-state index in [2.05, 4.69) is 11.1 Å². The summed E-state index contributed by atoms with van der Waals surface area (Å²) in [6.45, 7) is 0. The van der Waals surface area contributed by atoms with Gasteiger partial charge >= 0.3 is 0 Å². The number of sulfone groups is 1. The van der Waals surface area contributed by atoms with Crippen LogP contribution in [0.5, 0.6) is 0 Å². The minimum Gasteiger partial charge on any atom is -0.255 e. The average molecular weight is 232 g/mol. The van der Waals surface area contributed by atoms with Gasteiger partial charge in [-0.05, 0) is 18.2 Å². The summed E-state index contributed by atoms with van der Waals surface area (Å²) < 4.78 is 22.5. The van der Waals surface area contributed by atoms with E-state index in [1.807, 2.05) is 12.1 Å². The lowest BCUT2D eigenvalue weighted by Gasteiger charge is -2.01. The van der Waals surface area contributed by atoms with Crippen LogP contribution in [0.2, 0.25) is 0 Å². The van der Waals surface area contributed by atoms with Crippen LogP contribution in [0, 0.1) is 6.07 Å². The molecule has 0 aliphatic rings. The molecular formula is C12H10NO2S. The van der Waals surface area contributed by atoms with Gasteiger partial charge in [-0.25, -0.2) is 8.42 Å². The predicted molar refractivity (Wildman–Crippen MR) is 61.6 cm³/mol. The van der Waals surface area contributed by atoms with Gasteiger partial charge in [0.15, 0.2) is 9.84 Å². The number of hydrogen-bond acceptors (Lipinski definition) is 3. The molecule has 1 radical (unpaired) electrons. The van der Waals surface area contributed by atoms with E-state index in [1.54, 1.807) is 24.3 Å². The maximum absolute atomic E-state index is 11.2. The van der Waals surface area contributed by atoms with Crippen molar-refractivity contribution in [3.05, 3.63) is 48.7 Å². The molecule has 0 bridgehead atoms. The van der Waals surface area contributed by atoms with Gasteiger partial charge in [-0.1, -0.05) is 24.3 Å². The molecule has 0 aliphatic heterocycles. The van der Waals surface area contributed by atoms with Crippen molar-refractivity contribution in [1.29, 1.82) is 0 Å². The second-order valence-electron chi connectivity index (χ2n) is 3.44. The van der Waals surface area contributed by atoms with Crippen molar-refractivity contribution >= 4 is 9.84 Å². The summed E-state index contributed by atoms with van der Waals surface area (Å²) in [5, 5.41) is 0. The molecule has 1 heterocycles. The zero-order chi connectivity index (χ0) is 11.6. The smallest absolute Gasteiger partial charge is 0.177 e. The highest BCUT2D eigenvalue weighted by Crippen LogP contribution is 2.17. The molecule has 1 aromatic heterocycles. The zero-order valence-electron chi connectivity index (χ0n) is 8.71. The number of rotatable bonds is 2. The Hall–Kier alpha value is -1.68. The molecule has 0 atom stereocenters. The minimum atomic E-state index is -3.17. The Morgan fingerprint density at radius 1 is 1.12 bits per heavy atom. The SMILES string of the molecule is CS(=O)(=O)c1ccc(-c2cc[c]cc2)nc1. The van der Waals surface area contributed by atoms with Gasteiger partial charge in [0.1, 0.15) is 0 Å². The lowest BCUT2D eigenvalue weighted by Crippen LogP contribution is -1.97. The zero-order valence-corrected chi connectivity index (χ0v) is 9.53. The quantitative estimate of drug-likeness (QED) is 0.795. The third-order valence-electron chi connectivity index (χ3n) is 2.18. The molecule has 2 rings (SSSR count). The van der Waals surface area contributed by atoms with Crippen molar-refractivity contribution in [2.75, 3.05) is 6.26 Å². The molecule has 1 aromatic carbocycles. The van der Waals surface area contributed by atoms with Crippen molar-refractivity contribution in [3.63, 3.8) is 0 Å². The van der Waals surface area contributed by atoms with Gasteiger partial charge in [-0.2, -0.15) is 0 Å². The van der Waals surface area contributed by atoms with Crippen LogP contribution in [-0.2, 0) is 9.84 Å². The van der Waals surface area contributed by atoms with E-state index < -0.39 is 9.84 Å². The Labute approximate surface area is 94.7 Å². The molecule has 4 heteroatoms. The predicted octanol–water partition coefficient (Wildman–Crippen LogP) is 1.95. The highest BCUT2D eigenvalue weighted by Gasteiger charge is 2.07. The van der Waals surface area contributed by atoms with Crippen molar-refractivity contribution < 1.29 is 8.42 Å². The third-order valence-corrected chi connectivity index (χ3v) is 3.28. The van der Waals surface area contributed by atoms with Crippen LogP contribution in [0.1, 0.15) is 0 Å². The highest BCUT2D eigenvalue weighted by molar-refractivity contribution is 7.90. The highest BCUT2D eigenvalue weighted by atomic mass is 32.2. The first-order valence-corrected chi connectivity index (χ1v) is 6.59. The van der Waals surface area contributed by atoms with Crippen LogP contribution in [0.25, 0.3) is 11.3 Å². The van der Waals surface area contributed by atoms with E-state index in [9.17, 15) is 8.42 Å². The Morgan fingerprint density at radius 3 is 2.31 bits per heavy atom. The van der Waals surface area contributed by atoms with E-state index >= 15 is 0 Å². The summed E-state index contributed by atoms with van der Waals surface area (Å²) in [5.74, 6) is 0. The molecule has 0 spiro atoms. The minimum absolute atomic E-state index is 0.235. The first kappa shape index (κ1) is 10.8. The van der Waals surface area contributed by atoms with Crippen molar-refractivity contribution in [2.45, 2.75) is 4.90 Å². The van der Waals surface area contributed by atoms with Crippen LogP contribution < -0.4 is 0 Å². The van der Waals surface area contributed by atoms with E-state index in [4.69, 9.17) is 0 Å². The second-order valence-corrected chi connectivity index (χ2v) is 5.46. The number of nitrogens with zero attached hydrogens (tertiary/aromatic N) is 1. The summed E-state index contributed by atoms with van der Waals surface area (Å²) in [6, 6.07) is 13.5. The second kappa shape index (κ2) is 4.06. The lowest BCUT2D eigenvalue weighted by atomic mass is 10.1. The fourth-order valence-electron chi connectivity index (χ4n) is 1.33. The Kier molecular flexibility index (Phi) is 2.75. The Balaban J connectivity index is 2.41. The van der Waals surface area contributed by atoms with Crippen molar-refractivity contribution in [1.82, 2.24) is 4.98 Å². The topological polar surface area (TPSA) is 47.0 Å². The maximum Gasteiger partial charge on any atom is 0.177 e. The largest absolute Gasteiger partial charge is 0.255 e. The van der Waals surface area contributed by atoms with Crippen LogP contribution in [-0.4, -0.2) is 19.7 Å². The number of hydrogen-bond donors (Lipinski definition) is 0. The monoisotopic (exact) mass is 232 g/mol. The fraction of sp³-hybridized carbons (Fsp3) is 0.0833. The summed E-state index contributed by atoms with van der Waals surface area (Å²) in [7, 11) is -3.17. The van der Waals surface area contributed by atoms with Gasteiger partial charge in [0, 0.05) is 18.0 Å². The number of benzene rings is 1. The summed E-state index contributed by atoms with van der Waals surface area (Å²) >= 11 is 0. The van der Waals surface area contributed by atoms with Gasteiger partial charge < -0.3 is 0 Å². The molecule has 0 N–H and O–H groups in total. The van der Waals surface area contributed by atoms with Crippen LogP contribution in [0.15, 0.2) is 47.5 Å². The maximum atomic E-state index is 11.2. The first-order chi connectivity index (χ1) is 7.57. The number of aromatic nitrogens is 1. The lowest BCUT2D eigenvalue weighted by molar-refractivity contribution is 0.601. The van der Waals surface area contributed by atoms with Gasteiger partial charge in [-0.3, -0.25) is 4.98 Å². The van der Waals surface area contributed by atoms with E-state index in [0.29, 0.717) is 0 Å².